The summed E-state index contributed by atoms with van der Waals surface area (Å²) in [4.78, 5) is 16.1. The van der Waals surface area contributed by atoms with Crippen molar-refractivity contribution in [3.05, 3.63) is 7.05 Å². The molecule has 3 N–H and O–H groups in total. The molecule has 0 aromatic carbocycles. The fraction of sp³-hybridized carbons (Fsp3) is 0.500. The summed E-state index contributed by atoms with van der Waals surface area (Å²) < 4.78 is 9.82. The normalized spacial score (nSPS) is 11.9. The van der Waals surface area contributed by atoms with Crippen molar-refractivity contribution >= 4 is 7.60 Å². The smallest absolute Gasteiger partial charge is 0.324 e. The van der Waals surface area contributed by atoms with Crippen LogP contribution in [-0.4, -0.2) is 16.1 Å². The van der Waals surface area contributed by atoms with Crippen molar-refractivity contribution < 1.29 is 14.4 Å². The van der Waals surface area contributed by atoms with Crippen LogP contribution in [0.1, 0.15) is 0 Å². The molecular formula is C2H7NO3P. The Balaban J connectivity index is 3.36. The summed E-state index contributed by atoms with van der Waals surface area (Å²) in [6, 6.07) is 0. The molecule has 43 valence electrons. The molecule has 0 aromatic heterocycles. The Hall–Kier alpha value is 0.110. The lowest BCUT2D eigenvalue weighted by atomic mass is 11.3. The molecule has 0 saturated carbocycles. The predicted octanol–water partition coefficient (Wildman–Crippen LogP) is -0.497. The number of rotatable bonds is 2. The zero-order chi connectivity index (χ0) is 5.91. The summed E-state index contributed by atoms with van der Waals surface area (Å²) in [6.45, 7) is 0. The highest BCUT2D eigenvalue weighted by atomic mass is 31.2. The van der Waals surface area contributed by atoms with Crippen LogP contribution in [0.3, 0.4) is 0 Å². The first-order chi connectivity index (χ1) is 3.06. The Morgan fingerprint density at radius 2 is 2.14 bits per heavy atom. The molecule has 0 unspecified atom stereocenters. The van der Waals surface area contributed by atoms with Gasteiger partial charge in [-0.2, -0.15) is 0 Å². The Morgan fingerprint density at radius 3 is 2.14 bits per heavy atom. The van der Waals surface area contributed by atoms with Gasteiger partial charge in [0.15, 0.2) is 0 Å². The van der Waals surface area contributed by atoms with E-state index in [4.69, 9.17) is 9.79 Å². The van der Waals surface area contributed by atoms with E-state index in [0.29, 0.717) is 0 Å². The Kier molecular flexibility index (Phi) is 2.46. The molecule has 0 saturated heterocycles. The van der Waals surface area contributed by atoms with Crippen molar-refractivity contribution in [1.82, 2.24) is 5.32 Å². The molecule has 0 spiro atoms. The summed E-state index contributed by atoms with van der Waals surface area (Å²) >= 11 is 0. The maximum absolute atomic E-state index is 9.82. The summed E-state index contributed by atoms with van der Waals surface area (Å²) in [7, 11) is -0.810. The van der Waals surface area contributed by atoms with Crippen LogP contribution < -0.4 is 5.32 Å². The lowest BCUT2D eigenvalue weighted by Gasteiger charge is -1.98. The average Bonchev–Trinajstić information content (AvgIpc) is 1.30. The molecule has 4 nitrogen and oxygen atoms in total. The van der Waals surface area contributed by atoms with Gasteiger partial charge in [0.2, 0.25) is 0 Å². The minimum Gasteiger partial charge on any atom is -0.324 e. The second-order valence-corrected chi connectivity index (χ2v) is 2.72. The first-order valence-electron chi connectivity index (χ1n) is 1.61. The molecule has 0 aromatic rings. The van der Waals surface area contributed by atoms with Crippen LogP contribution in [0, 0.1) is 7.05 Å². The molecule has 0 rings (SSSR count). The van der Waals surface area contributed by atoms with Crippen molar-refractivity contribution in [2.45, 2.75) is 0 Å². The van der Waals surface area contributed by atoms with Crippen molar-refractivity contribution in [1.29, 1.82) is 0 Å². The highest BCUT2D eigenvalue weighted by molar-refractivity contribution is 7.51. The summed E-state index contributed by atoms with van der Waals surface area (Å²) in [5.74, 6) is 0. The van der Waals surface area contributed by atoms with Crippen LogP contribution in [0.4, 0.5) is 0 Å². The van der Waals surface area contributed by atoms with Gasteiger partial charge in [-0.3, -0.25) is 4.57 Å². The fourth-order valence-corrected chi connectivity index (χ4v) is 0.437. The molecule has 5 heteroatoms. The molecule has 0 aliphatic rings. The first-order valence-corrected chi connectivity index (χ1v) is 3.40. The van der Waals surface area contributed by atoms with E-state index in [1.807, 2.05) is 0 Å². The van der Waals surface area contributed by atoms with E-state index >= 15 is 0 Å². The van der Waals surface area contributed by atoms with Gasteiger partial charge in [0.1, 0.15) is 0 Å². The molecule has 0 heterocycles. The molecular weight excluding hydrogens is 117 g/mol. The van der Waals surface area contributed by atoms with Crippen molar-refractivity contribution in [2.75, 3.05) is 6.29 Å². The van der Waals surface area contributed by atoms with E-state index in [0.717, 1.165) is 0 Å². The third kappa shape index (κ3) is 6.11. The molecule has 1 radical (unpaired) electrons. The van der Waals surface area contributed by atoms with Crippen molar-refractivity contribution in [3.63, 3.8) is 0 Å². The van der Waals surface area contributed by atoms with Gasteiger partial charge in [0.25, 0.3) is 0 Å². The number of hydrogen-bond donors (Lipinski definition) is 3. The number of nitrogens with one attached hydrogen (secondary N) is 1. The number of hydrogen-bond acceptors (Lipinski definition) is 2. The third-order valence-electron chi connectivity index (χ3n) is 0.318. The van der Waals surface area contributed by atoms with E-state index < -0.39 is 7.60 Å². The zero-order valence-corrected chi connectivity index (χ0v) is 4.56. The van der Waals surface area contributed by atoms with E-state index in [-0.39, 0.29) is 6.29 Å². The molecule has 0 aliphatic carbocycles. The SMILES string of the molecule is [CH2]NCP(=O)(O)O. The molecule has 0 bridgehead atoms. The minimum absolute atomic E-state index is 0.354. The maximum atomic E-state index is 9.82. The molecule has 0 aliphatic heterocycles. The lowest BCUT2D eigenvalue weighted by Crippen LogP contribution is -2.04. The van der Waals surface area contributed by atoms with Gasteiger partial charge >= 0.3 is 7.60 Å². The quantitative estimate of drug-likeness (QED) is 0.434. The van der Waals surface area contributed by atoms with Crippen LogP contribution in [0.2, 0.25) is 0 Å². The standard InChI is InChI=1S/C2H7NO3P/c1-3-2-7(4,5)6/h3H,1-2H2,(H2,4,5,6). The second kappa shape index (κ2) is 2.43. The van der Waals surface area contributed by atoms with Gasteiger partial charge in [0.05, 0.1) is 6.29 Å². The second-order valence-electron chi connectivity index (χ2n) is 1.07. The first kappa shape index (κ1) is 7.11. The van der Waals surface area contributed by atoms with Crippen LogP contribution in [0.15, 0.2) is 0 Å². The van der Waals surface area contributed by atoms with Crippen LogP contribution in [0.5, 0.6) is 0 Å². The minimum atomic E-state index is -3.84. The van der Waals surface area contributed by atoms with E-state index in [1.54, 1.807) is 0 Å². The average molecular weight is 124 g/mol. The molecule has 0 fully saturated rings. The fourth-order valence-electron chi connectivity index (χ4n) is 0.146. The Morgan fingerprint density at radius 1 is 1.71 bits per heavy atom. The largest absolute Gasteiger partial charge is 0.339 e. The van der Waals surface area contributed by atoms with E-state index in [1.165, 1.54) is 0 Å². The summed E-state index contributed by atoms with van der Waals surface area (Å²) in [5.41, 5.74) is 0. The molecule has 0 amide bonds. The lowest BCUT2D eigenvalue weighted by molar-refractivity contribution is 0.370. The van der Waals surface area contributed by atoms with Crippen molar-refractivity contribution in [2.24, 2.45) is 0 Å². The van der Waals surface area contributed by atoms with Gasteiger partial charge in [-0.1, -0.05) is 0 Å². The van der Waals surface area contributed by atoms with Gasteiger partial charge < -0.3 is 15.1 Å². The van der Waals surface area contributed by atoms with Crippen LogP contribution in [0.25, 0.3) is 0 Å². The highest BCUT2D eigenvalue weighted by Crippen LogP contribution is 2.31. The van der Waals surface area contributed by atoms with Crippen molar-refractivity contribution in [3.8, 4) is 0 Å². The summed E-state index contributed by atoms with van der Waals surface area (Å²) in [5, 5.41) is 2.09. The third-order valence-corrected chi connectivity index (χ3v) is 0.953. The van der Waals surface area contributed by atoms with Crippen LogP contribution in [-0.2, 0) is 4.57 Å². The Labute approximate surface area is 41.7 Å². The van der Waals surface area contributed by atoms with Gasteiger partial charge in [-0.15, -0.1) is 0 Å². The van der Waals surface area contributed by atoms with Gasteiger partial charge in [-0.05, 0) is 0 Å². The van der Waals surface area contributed by atoms with Gasteiger partial charge in [-0.25, -0.2) is 0 Å². The van der Waals surface area contributed by atoms with E-state index in [2.05, 4.69) is 12.4 Å². The maximum Gasteiger partial charge on any atom is 0.339 e. The molecule has 0 atom stereocenters. The predicted molar refractivity (Wildman–Crippen MR) is 25.4 cm³/mol. The molecule has 7 heavy (non-hydrogen) atoms. The van der Waals surface area contributed by atoms with Crippen LogP contribution >= 0.6 is 7.60 Å². The van der Waals surface area contributed by atoms with E-state index in [9.17, 15) is 4.57 Å². The topological polar surface area (TPSA) is 69.6 Å². The summed E-state index contributed by atoms with van der Waals surface area (Å²) in [6.07, 6.45) is -0.354. The monoisotopic (exact) mass is 124 g/mol. The highest BCUT2D eigenvalue weighted by Gasteiger charge is 2.08. The Bertz CT molecular complexity index is 86.9. The zero-order valence-electron chi connectivity index (χ0n) is 3.66. The van der Waals surface area contributed by atoms with Gasteiger partial charge in [0, 0.05) is 7.05 Å².